The molecule has 0 amide bonds. The van der Waals surface area contributed by atoms with Gasteiger partial charge in [0.15, 0.2) is 5.82 Å². The van der Waals surface area contributed by atoms with Crippen molar-refractivity contribution >= 4 is 18.0 Å². The molecule has 1 aliphatic heterocycles. The molecule has 17 heavy (non-hydrogen) atoms. The number of hydrogen-bond acceptors (Lipinski definition) is 5. The summed E-state index contributed by atoms with van der Waals surface area (Å²) in [6.07, 6.45) is 5.33. The molecule has 0 atom stereocenters. The number of esters is 1. The van der Waals surface area contributed by atoms with Gasteiger partial charge < -0.3 is 9.64 Å². The topological polar surface area (TPSA) is 60.2 Å². The van der Waals surface area contributed by atoms with E-state index in [9.17, 15) is 4.79 Å². The Kier molecular flexibility index (Phi) is 3.41. The molecule has 1 aromatic heterocycles. The molecule has 0 aliphatic carbocycles. The Bertz CT molecular complexity index is 433. The SMILES string of the molecule is COC(=O)/C=C/c1nc(N2CCCC2)nn1C. The predicted molar refractivity (Wildman–Crippen MR) is 63.5 cm³/mol. The van der Waals surface area contributed by atoms with Gasteiger partial charge in [-0.3, -0.25) is 0 Å². The van der Waals surface area contributed by atoms with E-state index < -0.39 is 5.97 Å². The van der Waals surface area contributed by atoms with Crippen molar-refractivity contribution in [3.05, 3.63) is 11.9 Å². The molecule has 2 heterocycles. The number of aromatic nitrogens is 3. The van der Waals surface area contributed by atoms with Crippen molar-refractivity contribution in [3.8, 4) is 0 Å². The second-order valence-corrected chi connectivity index (χ2v) is 3.94. The summed E-state index contributed by atoms with van der Waals surface area (Å²) >= 11 is 0. The van der Waals surface area contributed by atoms with Crippen LogP contribution in [0.1, 0.15) is 18.7 Å². The van der Waals surface area contributed by atoms with Crippen molar-refractivity contribution < 1.29 is 9.53 Å². The summed E-state index contributed by atoms with van der Waals surface area (Å²) in [4.78, 5) is 17.5. The second-order valence-electron chi connectivity index (χ2n) is 3.94. The first kappa shape index (κ1) is 11.6. The van der Waals surface area contributed by atoms with Crippen molar-refractivity contribution in [3.63, 3.8) is 0 Å². The summed E-state index contributed by atoms with van der Waals surface area (Å²) in [5.41, 5.74) is 0. The fourth-order valence-electron chi connectivity index (χ4n) is 1.79. The molecule has 1 aromatic rings. The van der Waals surface area contributed by atoms with E-state index in [0.29, 0.717) is 5.82 Å². The van der Waals surface area contributed by atoms with Crippen LogP contribution in [0.25, 0.3) is 6.08 Å². The quantitative estimate of drug-likeness (QED) is 0.568. The minimum atomic E-state index is -0.393. The number of ether oxygens (including phenoxy) is 1. The Balaban J connectivity index is 2.13. The Hall–Kier alpha value is -1.85. The number of nitrogens with zero attached hydrogens (tertiary/aromatic N) is 4. The van der Waals surface area contributed by atoms with Gasteiger partial charge in [0.2, 0.25) is 5.95 Å². The molecule has 0 N–H and O–H groups in total. The van der Waals surface area contributed by atoms with E-state index in [0.717, 1.165) is 19.0 Å². The molecule has 0 aromatic carbocycles. The average molecular weight is 236 g/mol. The smallest absolute Gasteiger partial charge is 0.330 e. The lowest BCUT2D eigenvalue weighted by Gasteiger charge is -2.10. The lowest BCUT2D eigenvalue weighted by Crippen LogP contribution is -2.19. The summed E-state index contributed by atoms with van der Waals surface area (Å²) in [6.45, 7) is 2.01. The van der Waals surface area contributed by atoms with E-state index in [2.05, 4.69) is 19.7 Å². The van der Waals surface area contributed by atoms with E-state index in [4.69, 9.17) is 0 Å². The monoisotopic (exact) mass is 236 g/mol. The Morgan fingerprint density at radius 1 is 1.41 bits per heavy atom. The van der Waals surface area contributed by atoms with Gasteiger partial charge in [0.1, 0.15) is 0 Å². The van der Waals surface area contributed by atoms with Crippen LogP contribution in [0.5, 0.6) is 0 Å². The first-order chi connectivity index (χ1) is 8.20. The standard InChI is InChI=1S/C11H16N4O2/c1-14-9(5-6-10(16)17-2)12-11(13-14)15-7-3-4-8-15/h5-6H,3-4,7-8H2,1-2H3/b6-5+. The molecule has 0 spiro atoms. The average Bonchev–Trinajstić information content (AvgIpc) is 2.95. The van der Waals surface area contributed by atoms with Crippen LogP contribution < -0.4 is 4.90 Å². The van der Waals surface area contributed by atoms with E-state index in [1.54, 1.807) is 10.8 Å². The maximum Gasteiger partial charge on any atom is 0.330 e. The first-order valence-corrected chi connectivity index (χ1v) is 5.62. The van der Waals surface area contributed by atoms with Crippen molar-refractivity contribution in [2.45, 2.75) is 12.8 Å². The Morgan fingerprint density at radius 3 is 2.76 bits per heavy atom. The maximum atomic E-state index is 11.0. The molecule has 0 bridgehead atoms. The highest BCUT2D eigenvalue weighted by atomic mass is 16.5. The zero-order valence-electron chi connectivity index (χ0n) is 10.1. The van der Waals surface area contributed by atoms with Crippen LogP contribution in [0.3, 0.4) is 0 Å². The minimum absolute atomic E-state index is 0.393. The van der Waals surface area contributed by atoms with Gasteiger partial charge >= 0.3 is 5.97 Å². The van der Waals surface area contributed by atoms with Crippen molar-refractivity contribution in [2.24, 2.45) is 7.05 Å². The van der Waals surface area contributed by atoms with E-state index in [1.807, 2.05) is 7.05 Å². The molecule has 1 fully saturated rings. The lowest BCUT2D eigenvalue weighted by molar-refractivity contribution is -0.134. The van der Waals surface area contributed by atoms with Crippen LogP contribution in [0.4, 0.5) is 5.95 Å². The number of carbonyl (C=O) groups excluding carboxylic acids is 1. The number of aryl methyl sites for hydroxylation is 1. The molecule has 2 rings (SSSR count). The second kappa shape index (κ2) is 4.99. The zero-order valence-corrected chi connectivity index (χ0v) is 10.1. The number of carbonyl (C=O) groups is 1. The molecule has 92 valence electrons. The Morgan fingerprint density at radius 2 is 2.12 bits per heavy atom. The Labute approximate surface area is 99.9 Å². The molecular weight excluding hydrogens is 220 g/mol. The number of rotatable bonds is 3. The van der Waals surface area contributed by atoms with E-state index in [1.165, 1.54) is 26.0 Å². The molecule has 1 saturated heterocycles. The van der Waals surface area contributed by atoms with E-state index in [-0.39, 0.29) is 0 Å². The van der Waals surface area contributed by atoms with Gasteiger partial charge in [0, 0.05) is 26.2 Å². The maximum absolute atomic E-state index is 11.0. The van der Waals surface area contributed by atoms with Gasteiger partial charge in [-0.2, -0.15) is 4.98 Å². The van der Waals surface area contributed by atoms with Crippen molar-refractivity contribution in [2.75, 3.05) is 25.1 Å². The highest BCUT2D eigenvalue weighted by Crippen LogP contribution is 2.16. The van der Waals surface area contributed by atoms with Crippen molar-refractivity contribution in [1.82, 2.24) is 14.8 Å². The first-order valence-electron chi connectivity index (χ1n) is 5.62. The van der Waals surface area contributed by atoms with Crippen LogP contribution in [0, 0.1) is 0 Å². The zero-order chi connectivity index (χ0) is 12.3. The van der Waals surface area contributed by atoms with Crippen LogP contribution >= 0.6 is 0 Å². The number of anilines is 1. The minimum Gasteiger partial charge on any atom is -0.466 e. The van der Waals surface area contributed by atoms with Gasteiger partial charge in [-0.05, 0) is 18.9 Å². The highest BCUT2D eigenvalue weighted by Gasteiger charge is 2.17. The third kappa shape index (κ3) is 2.64. The summed E-state index contributed by atoms with van der Waals surface area (Å²) < 4.78 is 6.18. The van der Waals surface area contributed by atoms with Gasteiger partial charge in [0.05, 0.1) is 7.11 Å². The lowest BCUT2D eigenvalue weighted by atomic mass is 10.4. The fraction of sp³-hybridized carbons (Fsp3) is 0.545. The third-order valence-corrected chi connectivity index (χ3v) is 2.74. The van der Waals surface area contributed by atoms with E-state index >= 15 is 0 Å². The summed E-state index contributed by atoms with van der Waals surface area (Å²) in [7, 11) is 3.16. The van der Waals surface area contributed by atoms with Gasteiger partial charge in [-0.1, -0.05) is 0 Å². The fourth-order valence-corrected chi connectivity index (χ4v) is 1.79. The third-order valence-electron chi connectivity index (χ3n) is 2.74. The van der Waals surface area contributed by atoms with Gasteiger partial charge in [-0.15, -0.1) is 5.10 Å². The number of hydrogen-bond donors (Lipinski definition) is 0. The summed E-state index contributed by atoms with van der Waals surface area (Å²) in [5, 5.41) is 4.32. The van der Waals surface area contributed by atoms with Gasteiger partial charge in [-0.25, -0.2) is 9.48 Å². The molecule has 0 unspecified atom stereocenters. The van der Waals surface area contributed by atoms with Crippen molar-refractivity contribution in [1.29, 1.82) is 0 Å². The summed E-state index contributed by atoms with van der Waals surface area (Å²) in [5.74, 6) is 0.988. The molecule has 6 nitrogen and oxygen atoms in total. The normalized spacial score (nSPS) is 15.8. The van der Waals surface area contributed by atoms with Crippen LogP contribution in [-0.2, 0) is 16.6 Å². The summed E-state index contributed by atoms with van der Waals surface area (Å²) in [6, 6.07) is 0. The van der Waals surface area contributed by atoms with Crippen LogP contribution in [-0.4, -0.2) is 40.9 Å². The molecule has 6 heteroatoms. The molecular formula is C11H16N4O2. The van der Waals surface area contributed by atoms with Crippen LogP contribution in [0.15, 0.2) is 6.08 Å². The predicted octanol–water partition coefficient (Wildman–Crippen LogP) is 0.601. The van der Waals surface area contributed by atoms with Crippen LogP contribution in [0.2, 0.25) is 0 Å². The molecule has 0 radical (unpaired) electrons. The van der Waals surface area contributed by atoms with Gasteiger partial charge in [0.25, 0.3) is 0 Å². The largest absolute Gasteiger partial charge is 0.466 e. The number of methoxy groups -OCH3 is 1. The highest BCUT2D eigenvalue weighted by molar-refractivity contribution is 5.86. The molecule has 0 saturated carbocycles. The molecule has 1 aliphatic rings.